The van der Waals surface area contributed by atoms with Gasteiger partial charge in [0.15, 0.2) is 11.5 Å². The molecule has 1 aliphatic rings. The summed E-state index contributed by atoms with van der Waals surface area (Å²) in [7, 11) is 0. The van der Waals surface area contributed by atoms with Crippen molar-refractivity contribution in [2.75, 3.05) is 13.2 Å². The maximum Gasteiger partial charge on any atom is 0.344 e. The van der Waals surface area contributed by atoms with E-state index in [1.807, 2.05) is 63.2 Å². The number of carbonyl (C=O) groups excluding carboxylic acids is 2. The first-order chi connectivity index (χ1) is 19.3. The minimum absolute atomic E-state index is 0.0820. The number of thioether (sulfide) groups is 1. The molecular weight excluding hydrogens is 526 g/mol. The Hall–Kier alpha value is -4.30. The molecule has 0 saturated carbocycles. The van der Waals surface area contributed by atoms with E-state index in [4.69, 9.17) is 14.2 Å². The van der Waals surface area contributed by atoms with Crippen molar-refractivity contribution in [1.29, 1.82) is 0 Å². The van der Waals surface area contributed by atoms with Crippen molar-refractivity contribution in [2.24, 2.45) is 4.99 Å². The monoisotopic (exact) mass is 557 g/mol. The van der Waals surface area contributed by atoms with Crippen LogP contribution in [0.1, 0.15) is 46.5 Å². The second-order valence-electron chi connectivity index (χ2n) is 9.01. The number of aliphatic imine (C=N–C) groups is 1. The maximum absolute atomic E-state index is 12.9. The second-order valence-corrected chi connectivity index (χ2v) is 10.0. The van der Waals surface area contributed by atoms with Crippen molar-refractivity contribution in [3.8, 4) is 11.5 Å². The molecule has 7 nitrogen and oxygen atoms in total. The van der Waals surface area contributed by atoms with Gasteiger partial charge in [0.1, 0.15) is 23.0 Å². The maximum atomic E-state index is 12.9. The molecule has 4 rings (SSSR count). The molecule has 1 amide bonds. The smallest absolute Gasteiger partial charge is 0.344 e. The highest BCUT2D eigenvalue weighted by molar-refractivity contribution is 8.18. The number of carbonyl (C=O) groups is 2. The van der Waals surface area contributed by atoms with Gasteiger partial charge in [-0.05, 0) is 68.7 Å². The van der Waals surface area contributed by atoms with E-state index in [1.54, 1.807) is 37.3 Å². The highest BCUT2D eigenvalue weighted by Crippen LogP contribution is 2.40. The Kier molecular flexibility index (Phi) is 9.45. The fourth-order valence-corrected chi connectivity index (χ4v) is 4.97. The quantitative estimate of drug-likeness (QED) is 0.284. The van der Waals surface area contributed by atoms with Crippen molar-refractivity contribution < 1.29 is 28.9 Å². The van der Waals surface area contributed by atoms with Crippen molar-refractivity contribution in [1.82, 2.24) is 0 Å². The lowest BCUT2D eigenvalue weighted by Crippen LogP contribution is -2.14. The number of nitrogens with zero attached hydrogens (tertiary/aromatic N) is 1. The summed E-state index contributed by atoms with van der Waals surface area (Å²) in [5.74, 6) is -0.420. The van der Waals surface area contributed by atoms with Crippen LogP contribution in [0.2, 0.25) is 0 Å². The summed E-state index contributed by atoms with van der Waals surface area (Å²) in [4.78, 5) is 30.2. The summed E-state index contributed by atoms with van der Waals surface area (Å²) in [6.45, 7) is 8.33. The minimum Gasteiger partial charge on any atom is -0.506 e. The summed E-state index contributed by atoms with van der Waals surface area (Å²) >= 11 is 1.03. The average molecular weight is 558 g/mol. The number of ether oxygens (including phenoxy) is 3. The number of hydrogen-bond acceptors (Lipinski definition) is 7. The second kappa shape index (κ2) is 13.2. The zero-order chi connectivity index (χ0) is 28.6. The molecule has 0 spiro atoms. The third-order valence-corrected chi connectivity index (χ3v) is 7.05. The van der Waals surface area contributed by atoms with Gasteiger partial charge in [-0.15, -0.1) is 0 Å². The number of rotatable bonds is 9. The van der Waals surface area contributed by atoms with Crippen LogP contribution in [0.15, 0.2) is 88.0 Å². The molecule has 1 N–H and O–H groups in total. The molecule has 0 fully saturated rings. The molecule has 0 radical (unpaired) electrons. The molecule has 0 aliphatic carbocycles. The highest BCUT2D eigenvalue weighted by Gasteiger charge is 2.34. The zero-order valence-electron chi connectivity index (χ0n) is 22.9. The van der Waals surface area contributed by atoms with Gasteiger partial charge in [0.05, 0.1) is 18.1 Å². The number of esters is 1. The highest BCUT2D eigenvalue weighted by atomic mass is 32.2. The molecular formula is C32H31NO6S. The molecule has 0 aromatic heterocycles. The van der Waals surface area contributed by atoms with Crippen LogP contribution in [-0.2, 0) is 16.1 Å². The van der Waals surface area contributed by atoms with E-state index in [-0.39, 0.29) is 23.0 Å². The van der Waals surface area contributed by atoms with E-state index >= 15 is 0 Å². The van der Waals surface area contributed by atoms with Gasteiger partial charge in [-0.3, -0.25) is 4.79 Å². The molecule has 3 aromatic rings. The molecule has 1 heterocycles. The fraction of sp³-hybridized carbons (Fsp3) is 0.219. The first-order valence-corrected chi connectivity index (χ1v) is 13.8. The Morgan fingerprint density at radius 1 is 0.925 bits per heavy atom. The lowest BCUT2D eigenvalue weighted by molar-refractivity contribution is -0.138. The summed E-state index contributed by atoms with van der Waals surface area (Å²) in [5, 5.41) is 11.1. The van der Waals surface area contributed by atoms with E-state index in [1.165, 1.54) is 5.56 Å². The number of amides is 1. The molecule has 3 aromatic carbocycles. The normalized spacial score (nSPS) is 15.0. The SMILES string of the molecule is CCOC(=O)C1=C(O)/C(=C/c2ccc(OCc3ccc(C)cc3)c(OCC)c2)SC1=NC(=O)c1ccccc1C. The predicted molar refractivity (Wildman–Crippen MR) is 158 cm³/mol. The van der Waals surface area contributed by atoms with Gasteiger partial charge in [0.25, 0.3) is 5.91 Å². The van der Waals surface area contributed by atoms with E-state index in [2.05, 4.69) is 4.99 Å². The van der Waals surface area contributed by atoms with Gasteiger partial charge in [0.2, 0.25) is 0 Å². The Morgan fingerprint density at radius 3 is 2.38 bits per heavy atom. The number of aliphatic hydroxyl groups excluding tert-OH is 1. The van der Waals surface area contributed by atoms with E-state index in [0.29, 0.717) is 40.7 Å². The van der Waals surface area contributed by atoms with Crippen LogP contribution in [-0.4, -0.2) is 35.2 Å². The molecule has 0 saturated heterocycles. The third kappa shape index (κ3) is 6.82. The number of benzene rings is 3. The Balaban J connectivity index is 1.64. The van der Waals surface area contributed by atoms with Crippen LogP contribution >= 0.6 is 11.8 Å². The van der Waals surface area contributed by atoms with Gasteiger partial charge >= 0.3 is 5.97 Å². The summed E-state index contributed by atoms with van der Waals surface area (Å²) in [5.41, 5.74) is 3.96. The Morgan fingerprint density at radius 2 is 1.68 bits per heavy atom. The van der Waals surface area contributed by atoms with Crippen LogP contribution in [0, 0.1) is 13.8 Å². The van der Waals surface area contributed by atoms with Gasteiger partial charge in [-0.2, -0.15) is 0 Å². The summed E-state index contributed by atoms with van der Waals surface area (Å²) in [6.07, 6.45) is 1.70. The van der Waals surface area contributed by atoms with Crippen LogP contribution in [0.5, 0.6) is 11.5 Å². The first kappa shape index (κ1) is 28.7. The zero-order valence-corrected chi connectivity index (χ0v) is 23.7. The largest absolute Gasteiger partial charge is 0.506 e. The standard InChI is InChI=1S/C32H31NO6S/c1-5-37-26-17-23(15-16-25(26)39-19-22-13-11-20(3)12-14-22)18-27-29(34)28(32(36)38-6-2)31(40-27)33-30(35)24-10-8-7-9-21(24)4/h7-18,34H,5-6,19H2,1-4H3/b27-18-,33-31?. The van der Waals surface area contributed by atoms with E-state index in [9.17, 15) is 14.7 Å². The minimum atomic E-state index is -0.748. The molecule has 1 aliphatic heterocycles. The van der Waals surface area contributed by atoms with Crippen molar-refractivity contribution >= 4 is 34.8 Å². The topological polar surface area (TPSA) is 94.4 Å². The average Bonchev–Trinajstić information content (AvgIpc) is 3.23. The van der Waals surface area contributed by atoms with Crippen molar-refractivity contribution in [3.63, 3.8) is 0 Å². The molecule has 206 valence electrons. The van der Waals surface area contributed by atoms with E-state index < -0.39 is 11.9 Å². The Bertz CT molecular complexity index is 1500. The number of aliphatic hydroxyl groups is 1. The van der Waals surface area contributed by atoms with Crippen LogP contribution in [0.25, 0.3) is 6.08 Å². The fourth-order valence-electron chi connectivity index (χ4n) is 3.96. The molecule has 0 atom stereocenters. The molecule has 40 heavy (non-hydrogen) atoms. The third-order valence-electron chi connectivity index (χ3n) is 6.03. The van der Waals surface area contributed by atoms with Gasteiger partial charge in [-0.25, -0.2) is 9.79 Å². The lowest BCUT2D eigenvalue weighted by atomic mass is 10.1. The van der Waals surface area contributed by atoms with Gasteiger partial charge < -0.3 is 19.3 Å². The Labute approximate surface area is 238 Å². The summed E-state index contributed by atoms with van der Waals surface area (Å²) in [6, 6.07) is 20.6. The van der Waals surface area contributed by atoms with E-state index in [0.717, 1.165) is 22.9 Å². The molecule has 0 unspecified atom stereocenters. The molecule has 8 heteroatoms. The van der Waals surface area contributed by atoms with Gasteiger partial charge in [0, 0.05) is 5.56 Å². The number of aryl methyl sites for hydroxylation is 2. The van der Waals surface area contributed by atoms with Crippen molar-refractivity contribution in [3.05, 3.63) is 111 Å². The lowest BCUT2D eigenvalue weighted by Gasteiger charge is -2.13. The van der Waals surface area contributed by atoms with Crippen LogP contribution in [0.3, 0.4) is 0 Å². The molecule has 0 bridgehead atoms. The predicted octanol–water partition coefficient (Wildman–Crippen LogP) is 6.98. The van der Waals surface area contributed by atoms with Gasteiger partial charge in [-0.1, -0.05) is 65.9 Å². The van der Waals surface area contributed by atoms with Crippen LogP contribution < -0.4 is 9.47 Å². The van der Waals surface area contributed by atoms with Crippen molar-refractivity contribution in [2.45, 2.75) is 34.3 Å². The first-order valence-electron chi connectivity index (χ1n) is 12.9. The van der Waals surface area contributed by atoms with Crippen LogP contribution in [0.4, 0.5) is 0 Å². The summed E-state index contributed by atoms with van der Waals surface area (Å²) < 4.78 is 17.0. The number of hydrogen-bond donors (Lipinski definition) is 1.